The van der Waals surface area contributed by atoms with Gasteiger partial charge in [-0.2, -0.15) is 0 Å². The Kier molecular flexibility index (Phi) is 5.10. The number of amides is 1. The first-order chi connectivity index (χ1) is 7.93. The van der Waals surface area contributed by atoms with Crippen LogP contribution in [0.25, 0.3) is 0 Å². The Labute approximate surface area is 114 Å². The lowest BCUT2D eigenvalue weighted by atomic mass is 10.2. The summed E-state index contributed by atoms with van der Waals surface area (Å²) in [6.45, 7) is -0.657. The normalized spacial score (nSPS) is 11.9. The second kappa shape index (κ2) is 6.13. The minimum absolute atomic E-state index is 0.297. The van der Waals surface area contributed by atoms with Crippen LogP contribution in [0.3, 0.4) is 0 Å². The number of carboxylic acid groups (broad SMARTS) is 1. The summed E-state index contributed by atoms with van der Waals surface area (Å²) in [5.41, 5.74) is 0.297. The van der Waals surface area contributed by atoms with Gasteiger partial charge in [-0.25, -0.2) is 4.79 Å². The molecule has 3 N–H and O–H groups in total. The van der Waals surface area contributed by atoms with Gasteiger partial charge in [0.1, 0.15) is 0 Å². The molecule has 1 aromatic carbocycles. The minimum atomic E-state index is -1.31. The zero-order valence-corrected chi connectivity index (χ0v) is 11.7. The van der Waals surface area contributed by atoms with Crippen molar-refractivity contribution in [1.29, 1.82) is 0 Å². The third-order valence-electron chi connectivity index (χ3n) is 1.91. The van der Waals surface area contributed by atoms with Crippen molar-refractivity contribution in [3.63, 3.8) is 0 Å². The van der Waals surface area contributed by atoms with Gasteiger partial charge in [0.25, 0.3) is 5.91 Å². The second-order valence-corrected chi connectivity index (χ2v) is 5.04. The smallest absolute Gasteiger partial charge is 0.328 e. The Hall–Kier alpha value is -0.920. The Morgan fingerprint density at radius 3 is 2.18 bits per heavy atom. The molecular weight excluding hydrogens is 358 g/mol. The van der Waals surface area contributed by atoms with E-state index in [1.807, 2.05) is 0 Å². The molecule has 0 heterocycles. The monoisotopic (exact) mass is 365 g/mol. The van der Waals surface area contributed by atoms with E-state index in [0.29, 0.717) is 14.5 Å². The summed E-state index contributed by atoms with van der Waals surface area (Å²) >= 11 is 6.44. The molecule has 92 valence electrons. The second-order valence-electron chi connectivity index (χ2n) is 3.20. The number of halogens is 2. The zero-order chi connectivity index (χ0) is 13.0. The molecule has 5 nitrogen and oxygen atoms in total. The number of aliphatic hydroxyl groups is 1. The highest BCUT2D eigenvalue weighted by Gasteiger charge is 2.19. The van der Waals surface area contributed by atoms with Crippen molar-refractivity contribution in [3.05, 3.63) is 32.7 Å². The SMILES string of the molecule is O=C(N[C@H](CO)C(=O)O)c1cc(Br)cc(Br)c1. The predicted molar refractivity (Wildman–Crippen MR) is 67.8 cm³/mol. The number of hydrogen-bond acceptors (Lipinski definition) is 3. The number of carboxylic acids is 1. The van der Waals surface area contributed by atoms with Crippen LogP contribution in [0.4, 0.5) is 0 Å². The molecule has 0 fully saturated rings. The summed E-state index contributed by atoms with van der Waals surface area (Å²) < 4.78 is 1.38. The van der Waals surface area contributed by atoms with Gasteiger partial charge >= 0.3 is 5.97 Å². The first kappa shape index (κ1) is 14.1. The number of aliphatic carboxylic acids is 1. The van der Waals surface area contributed by atoms with Crippen molar-refractivity contribution in [1.82, 2.24) is 5.32 Å². The molecule has 1 rings (SSSR count). The third kappa shape index (κ3) is 4.10. The van der Waals surface area contributed by atoms with Crippen molar-refractivity contribution in [3.8, 4) is 0 Å². The first-order valence-corrected chi connectivity index (χ1v) is 6.13. The Balaban J connectivity index is 2.86. The van der Waals surface area contributed by atoms with Crippen LogP contribution in [0.1, 0.15) is 10.4 Å². The van der Waals surface area contributed by atoms with Crippen molar-refractivity contribution in [2.45, 2.75) is 6.04 Å². The zero-order valence-electron chi connectivity index (χ0n) is 8.48. The predicted octanol–water partition coefficient (Wildman–Crippen LogP) is 1.39. The summed E-state index contributed by atoms with van der Waals surface area (Å²) in [4.78, 5) is 22.3. The molecular formula is C10H9Br2NO4. The van der Waals surface area contributed by atoms with Gasteiger partial charge in [-0.15, -0.1) is 0 Å². The molecule has 0 radical (unpaired) electrons. The van der Waals surface area contributed by atoms with Gasteiger partial charge in [-0.05, 0) is 18.2 Å². The van der Waals surface area contributed by atoms with Gasteiger partial charge in [0, 0.05) is 14.5 Å². The largest absolute Gasteiger partial charge is 0.480 e. The van der Waals surface area contributed by atoms with E-state index < -0.39 is 24.5 Å². The molecule has 0 saturated heterocycles. The third-order valence-corrected chi connectivity index (χ3v) is 2.83. The van der Waals surface area contributed by atoms with E-state index in [4.69, 9.17) is 10.2 Å². The molecule has 0 bridgehead atoms. The van der Waals surface area contributed by atoms with E-state index in [2.05, 4.69) is 37.2 Å². The Bertz CT molecular complexity index is 430. The maximum Gasteiger partial charge on any atom is 0.328 e. The fraction of sp³-hybridized carbons (Fsp3) is 0.200. The molecule has 7 heteroatoms. The number of nitrogens with one attached hydrogen (secondary N) is 1. The van der Waals surface area contributed by atoms with E-state index in [1.165, 1.54) is 0 Å². The van der Waals surface area contributed by atoms with Gasteiger partial charge in [0.15, 0.2) is 6.04 Å². The molecule has 1 amide bonds. The van der Waals surface area contributed by atoms with E-state index in [0.717, 1.165) is 0 Å². The number of hydrogen-bond donors (Lipinski definition) is 3. The number of benzene rings is 1. The minimum Gasteiger partial charge on any atom is -0.480 e. The highest BCUT2D eigenvalue weighted by atomic mass is 79.9. The van der Waals surface area contributed by atoms with Gasteiger partial charge in [-0.1, -0.05) is 31.9 Å². The fourth-order valence-electron chi connectivity index (χ4n) is 1.11. The van der Waals surface area contributed by atoms with Crippen LogP contribution < -0.4 is 5.32 Å². The molecule has 1 aromatic rings. The van der Waals surface area contributed by atoms with E-state index in [-0.39, 0.29) is 0 Å². The van der Waals surface area contributed by atoms with Crippen molar-refractivity contribution >= 4 is 43.7 Å². The maximum atomic E-state index is 11.7. The summed E-state index contributed by atoms with van der Waals surface area (Å²) in [5.74, 6) is -1.84. The van der Waals surface area contributed by atoms with Crippen LogP contribution >= 0.6 is 31.9 Å². The van der Waals surface area contributed by atoms with Gasteiger partial charge in [0.05, 0.1) is 6.61 Å². The lowest BCUT2D eigenvalue weighted by Gasteiger charge is -2.11. The van der Waals surface area contributed by atoms with Gasteiger partial charge in [0.2, 0.25) is 0 Å². The molecule has 0 aromatic heterocycles. The highest BCUT2D eigenvalue weighted by Crippen LogP contribution is 2.20. The molecule has 1 atom stereocenters. The average Bonchev–Trinajstić information content (AvgIpc) is 2.23. The van der Waals surface area contributed by atoms with Crippen LogP contribution in [0.2, 0.25) is 0 Å². The van der Waals surface area contributed by atoms with Crippen LogP contribution in [0, 0.1) is 0 Å². The fourth-order valence-corrected chi connectivity index (χ4v) is 2.41. The lowest BCUT2D eigenvalue weighted by molar-refractivity contribution is -0.140. The Morgan fingerprint density at radius 1 is 1.24 bits per heavy atom. The van der Waals surface area contributed by atoms with Crippen molar-refractivity contribution in [2.75, 3.05) is 6.61 Å². The molecule has 0 aliphatic rings. The summed E-state index contributed by atoms with van der Waals surface area (Å²) in [6.07, 6.45) is 0. The number of aliphatic hydroxyl groups excluding tert-OH is 1. The van der Waals surface area contributed by atoms with E-state index in [1.54, 1.807) is 18.2 Å². The Morgan fingerprint density at radius 2 is 1.76 bits per heavy atom. The molecule has 0 unspecified atom stereocenters. The molecule has 0 saturated carbocycles. The van der Waals surface area contributed by atoms with Crippen LogP contribution in [0.5, 0.6) is 0 Å². The first-order valence-electron chi connectivity index (χ1n) is 4.54. The van der Waals surface area contributed by atoms with Crippen LogP contribution in [-0.2, 0) is 4.79 Å². The molecule has 0 aliphatic carbocycles. The topological polar surface area (TPSA) is 86.6 Å². The van der Waals surface area contributed by atoms with Crippen LogP contribution in [0.15, 0.2) is 27.1 Å². The molecule has 0 spiro atoms. The van der Waals surface area contributed by atoms with Crippen molar-refractivity contribution < 1.29 is 19.8 Å². The molecule has 17 heavy (non-hydrogen) atoms. The standard InChI is InChI=1S/C10H9Br2NO4/c11-6-1-5(2-7(12)3-6)9(15)13-8(4-14)10(16)17/h1-3,8,14H,4H2,(H,13,15)(H,16,17)/t8-/m1/s1. The summed E-state index contributed by atoms with van der Waals surface area (Å²) in [6, 6.07) is 3.55. The van der Waals surface area contributed by atoms with Gasteiger partial charge < -0.3 is 15.5 Å². The highest BCUT2D eigenvalue weighted by molar-refractivity contribution is 9.11. The number of carbonyl (C=O) groups is 2. The number of carbonyl (C=O) groups excluding carboxylic acids is 1. The lowest BCUT2D eigenvalue weighted by Crippen LogP contribution is -2.43. The summed E-state index contributed by atoms with van der Waals surface area (Å²) in [7, 11) is 0. The van der Waals surface area contributed by atoms with Crippen LogP contribution in [-0.4, -0.2) is 34.7 Å². The average molecular weight is 367 g/mol. The quantitative estimate of drug-likeness (QED) is 0.751. The van der Waals surface area contributed by atoms with E-state index in [9.17, 15) is 9.59 Å². The molecule has 0 aliphatic heterocycles. The van der Waals surface area contributed by atoms with E-state index >= 15 is 0 Å². The summed E-state index contributed by atoms with van der Waals surface area (Å²) in [5, 5.41) is 19.7. The van der Waals surface area contributed by atoms with Crippen molar-refractivity contribution in [2.24, 2.45) is 0 Å². The number of rotatable bonds is 4. The van der Waals surface area contributed by atoms with Gasteiger partial charge in [-0.3, -0.25) is 4.79 Å². The maximum absolute atomic E-state index is 11.7.